The van der Waals surface area contributed by atoms with Gasteiger partial charge in [-0.15, -0.1) is 0 Å². The smallest absolute Gasteiger partial charge is 0.256 e. The van der Waals surface area contributed by atoms with Gasteiger partial charge in [0.2, 0.25) is 5.91 Å². The van der Waals surface area contributed by atoms with Crippen LogP contribution < -0.4 is 5.32 Å². The van der Waals surface area contributed by atoms with E-state index in [0.717, 1.165) is 13.1 Å². The Balaban J connectivity index is 1.91. The lowest BCUT2D eigenvalue weighted by atomic mass is 10.1. The minimum Gasteiger partial charge on any atom is -0.378 e. The third-order valence-corrected chi connectivity index (χ3v) is 3.57. The second-order valence-electron chi connectivity index (χ2n) is 5.14. The number of piperazine rings is 1. The molecule has 1 fully saturated rings. The molecular formula is C15H21N3O3. The number of likely N-dealkylation sites (N-methyl/N-ethyl adjacent to an activating group) is 1. The number of hydrogen-bond acceptors (Lipinski definition) is 4. The number of aliphatic hydroxyl groups is 1. The van der Waals surface area contributed by atoms with Crippen LogP contribution in [0, 0.1) is 0 Å². The average Bonchev–Trinajstić information content (AvgIpc) is 2.55. The van der Waals surface area contributed by atoms with Gasteiger partial charge < -0.3 is 20.2 Å². The highest BCUT2D eigenvalue weighted by Crippen LogP contribution is 2.14. The lowest BCUT2D eigenvalue weighted by Crippen LogP contribution is -2.50. The van der Waals surface area contributed by atoms with Crippen molar-refractivity contribution in [3.8, 4) is 0 Å². The first-order valence-electron chi connectivity index (χ1n) is 7.06. The van der Waals surface area contributed by atoms with E-state index in [0.29, 0.717) is 18.7 Å². The SMILES string of the molecule is CN(CC(=O)N1CCNCC1)C(=O)C(O)c1ccccc1. The molecule has 1 saturated heterocycles. The normalized spacial score (nSPS) is 16.4. The summed E-state index contributed by atoms with van der Waals surface area (Å²) in [6.07, 6.45) is -1.23. The summed E-state index contributed by atoms with van der Waals surface area (Å²) in [6, 6.07) is 8.72. The first-order valence-corrected chi connectivity index (χ1v) is 7.06. The summed E-state index contributed by atoms with van der Waals surface area (Å²) >= 11 is 0. The van der Waals surface area contributed by atoms with Gasteiger partial charge in [-0.1, -0.05) is 30.3 Å². The van der Waals surface area contributed by atoms with Crippen molar-refractivity contribution in [3.05, 3.63) is 35.9 Å². The molecule has 2 rings (SSSR count). The minimum absolute atomic E-state index is 0.0112. The van der Waals surface area contributed by atoms with E-state index in [1.807, 2.05) is 6.07 Å². The quantitative estimate of drug-likeness (QED) is 0.792. The van der Waals surface area contributed by atoms with Gasteiger partial charge in [0.05, 0.1) is 6.54 Å². The molecule has 6 heteroatoms. The van der Waals surface area contributed by atoms with Gasteiger partial charge in [-0.05, 0) is 5.56 Å². The fraction of sp³-hybridized carbons (Fsp3) is 0.467. The number of rotatable bonds is 4. The number of nitrogens with zero attached hydrogens (tertiary/aromatic N) is 2. The molecule has 0 aromatic heterocycles. The van der Waals surface area contributed by atoms with Gasteiger partial charge in [0.15, 0.2) is 6.10 Å². The molecule has 2 amide bonds. The lowest BCUT2D eigenvalue weighted by molar-refractivity contribution is -0.145. The molecule has 1 heterocycles. The van der Waals surface area contributed by atoms with Crippen molar-refractivity contribution in [2.75, 3.05) is 39.8 Å². The molecule has 114 valence electrons. The Hall–Kier alpha value is -1.92. The monoisotopic (exact) mass is 291 g/mol. The Kier molecular flexibility index (Phi) is 5.30. The average molecular weight is 291 g/mol. The van der Waals surface area contributed by atoms with E-state index in [1.165, 1.54) is 11.9 Å². The summed E-state index contributed by atoms with van der Waals surface area (Å²) in [7, 11) is 1.54. The van der Waals surface area contributed by atoms with Crippen LogP contribution in [0.2, 0.25) is 0 Å². The molecule has 1 unspecified atom stereocenters. The molecule has 1 atom stereocenters. The van der Waals surface area contributed by atoms with Crippen molar-refractivity contribution in [3.63, 3.8) is 0 Å². The van der Waals surface area contributed by atoms with Crippen molar-refractivity contribution in [2.45, 2.75) is 6.10 Å². The lowest BCUT2D eigenvalue weighted by Gasteiger charge is -2.29. The summed E-state index contributed by atoms with van der Waals surface area (Å²) in [5.74, 6) is -0.558. The van der Waals surface area contributed by atoms with Gasteiger partial charge in [0.1, 0.15) is 0 Å². The van der Waals surface area contributed by atoms with Gasteiger partial charge in [0.25, 0.3) is 5.91 Å². The van der Waals surface area contributed by atoms with Gasteiger partial charge >= 0.3 is 0 Å². The maximum atomic E-state index is 12.2. The molecule has 0 bridgehead atoms. The number of carbonyl (C=O) groups is 2. The number of carbonyl (C=O) groups excluding carboxylic acids is 2. The maximum absolute atomic E-state index is 12.2. The Bertz CT molecular complexity index is 486. The summed E-state index contributed by atoms with van der Waals surface area (Å²) in [4.78, 5) is 27.3. The molecule has 6 nitrogen and oxygen atoms in total. The van der Waals surface area contributed by atoms with Gasteiger partial charge in [0, 0.05) is 33.2 Å². The zero-order chi connectivity index (χ0) is 15.2. The van der Waals surface area contributed by atoms with E-state index >= 15 is 0 Å². The molecule has 1 aliphatic heterocycles. The third-order valence-electron chi connectivity index (χ3n) is 3.57. The molecule has 2 N–H and O–H groups in total. The molecule has 0 radical (unpaired) electrons. The number of aliphatic hydroxyl groups excluding tert-OH is 1. The van der Waals surface area contributed by atoms with Crippen molar-refractivity contribution >= 4 is 11.8 Å². The van der Waals surface area contributed by atoms with Crippen LogP contribution in [0.3, 0.4) is 0 Å². The van der Waals surface area contributed by atoms with Crippen LogP contribution in [0.5, 0.6) is 0 Å². The second kappa shape index (κ2) is 7.19. The predicted molar refractivity (Wildman–Crippen MR) is 78.5 cm³/mol. The first-order chi connectivity index (χ1) is 10.1. The Morgan fingerprint density at radius 3 is 2.52 bits per heavy atom. The number of benzene rings is 1. The highest BCUT2D eigenvalue weighted by Gasteiger charge is 2.24. The van der Waals surface area contributed by atoms with Crippen LogP contribution in [0.15, 0.2) is 30.3 Å². The zero-order valence-corrected chi connectivity index (χ0v) is 12.2. The standard InChI is InChI=1S/C15H21N3O3/c1-17(11-13(19)18-9-7-16-8-10-18)15(21)14(20)12-5-3-2-4-6-12/h2-6,14,16,20H,7-11H2,1H3. The fourth-order valence-corrected chi connectivity index (χ4v) is 2.28. The Morgan fingerprint density at radius 2 is 1.90 bits per heavy atom. The van der Waals surface area contributed by atoms with Gasteiger partial charge in [-0.25, -0.2) is 0 Å². The van der Waals surface area contributed by atoms with Crippen molar-refractivity contribution in [2.24, 2.45) is 0 Å². The topological polar surface area (TPSA) is 72.9 Å². The van der Waals surface area contributed by atoms with Crippen molar-refractivity contribution in [1.29, 1.82) is 0 Å². The highest BCUT2D eigenvalue weighted by molar-refractivity contribution is 5.87. The molecule has 0 aliphatic carbocycles. The van der Waals surface area contributed by atoms with E-state index in [-0.39, 0.29) is 12.5 Å². The highest BCUT2D eigenvalue weighted by atomic mass is 16.3. The number of hydrogen-bond donors (Lipinski definition) is 2. The molecule has 1 aromatic rings. The number of amides is 2. The third kappa shape index (κ3) is 4.03. The molecule has 0 saturated carbocycles. The Labute approximate surface area is 124 Å². The Morgan fingerprint density at radius 1 is 1.29 bits per heavy atom. The van der Waals surface area contributed by atoms with Gasteiger partial charge in [-0.2, -0.15) is 0 Å². The largest absolute Gasteiger partial charge is 0.378 e. The van der Waals surface area contributed by atoms with Crippen LogP contribution >= 0.6 is 0 Å². The molecule has 1 aromatic carbocycles. The molecule has 21 heavy (non-hydrogen) atoms. The van der Waals surface area contributed by atoms with Crippen molar-refractivity contribution < 1.29 is 14.7 Å². The van der Waals surface area contributed by atoms with Crippen LogP contribution in [-0.2, 0) is 9.59 Å². The van der Waals surface area contributed by atoms with Crippen LogP contribution in [0.25, 0.3) is 0 Å². The summed E-state index contributed by atoms with van der Waals surface area (Å²) in [5.41, 5.74) is 0.531. The number of nitrogens with one attached hydrogen (secondary N) is 1. The van der Waals surface area contributed by atoms with Gasteiger partial charge in [-0.3, -0.25) is 9.59 Å². The molecular weight excluding hydrogens is 270 g/mol. The molecule has 0 spiro atoms. The van der Waals surface area contributed by atoms with Crippen LogP contribution in [0.4, 0.5) is 0 Å². The minimum atomic E-state index is -1.23. The van der Waals surface area contributed by atoms with Crippen molar-refractivity contribution in [1.82, 2.24) is 15.1 Å². The van der Waals surface area contributed by atoms with E-state index in [1.54, 1.807) is 29.2 Å². The fourth-order valence-electron chi connectivity index (χ4n) is 2.28. The molecule has 1 aliphatic rings. The predicted octanol–water partition coefficient (Wildman–Crippen LogP) is -0.390. The van der Waals surface area contributed by atoms with Crippen LogP contribution in [-0.4, -0.2) is 66.5 Å². The first kappa shape index (κ1) is 15.5. The zero-order valence-electron chi connectivity index (χ0n) is 12.2. The van der Waals surface area contributed by atoms with Crippen LogP contribution in [0.1, 0.15) is 11.7 Å². The maximum Gasteiger partial charge on any atom is 0.256 e. The van der Waals surface area contributed by atoms with E-state index in [2.05, 4.69) is 5.32 Å². The second-order valence-corrected chi connectivity index (χ2v) is 5.14. The van der Waals surface area contributed by atoms with E-state index < -0.39 is 12.0 Å². The summed E-state index contributed by atoms with van der Waals surface area (Å²) in [5, 5.41) is 13.2. The summed E-state index contributed by atoms with van der Waals surface area (Å²) < 4.78 is 0. The van der Waals surface area contributed by atoms with E-state index in [9.17, 15) is 14.7 Å². The van der Waals surface area contributed by atoms with E-state index in [4.69, 9.17) is 0 Å². The summed E-state index contributed by atoms with van der Waals surface area (Å²) in [6.45, 7) is 2.85.